The molecule has 0 fully saturated rings. The SMILES string of the molecule is CCCCCCCCCCCCCCCCCC(=O)O.CCCCCCCCCCCCCCCCCC(=O)O.[BaH2]. The van der Waals surface area contributed by atoms with E-state index in [-0.39, 0.29) is 48.9 Å². The molecule has 0 amide bonds. The first-order chi connectivity index (χ1) is 19.5. The topological polar surface area (TPSA) is 74.6 Å². The second kappa shape index (κ2) is 42.6. The van der Waals surface area contributed by atoms with Crippen LogP contribution in [0.5, 0.6) is 0 Å². The molecule has 0 spiro atoms. The fraction of sp³-hybridized carbons (Fsp3) is 0.944. The average molecular weight is 708 g/mol. The van der Waals surface area contributed by atoms with E-state index in [1.807, 2.05) is 0 Å². The van der Waals surface area contributed by atoms with Gasteiger partial charge in [-0.3, -0.25) is 9.59 Å². The normalized spacial score (nSPS) is 10.6. The van der Waals surface area contributed by atoms with Crippen molar-refractivity contribution in [2.24, 2.45) is 0 Å². The van der Waals surface area contributed by atoms with Crippen LogP contribution in [0.3, 0.4) is 0 Å². The van der Waals surface area contributed by atoms with Gasteiger partial charge < -0.3 is 10.2 Å². The van der Waals surface area contributed by atoms with E-state index < -0.39 is 11.9 Å². The van der Waals surface area contributed by atoms with E-state index in [1.54, 1.807) is 0 Å². The number of carbonyl (C=O) groups is 2. The summed E-state index contributed by atoms with van der Waals surface area (Å²) >= 11 is 0. The first-order valence-corrected chi connectivity index (χ1v) is 18.0. The van der Waals surface area contributed by atoms with E-state index in [9.17, 15) is 9.59 Å². The number of aliphatic carboxylic acids is 2. The van der Waals surface area contributed by atoms with Crippen molar-refractivity contribution in [2.75, 3.05) is 0 Å². The summed E-state index contributed by atoms with van der Waals surface area (Å²) in [6.07, 6.45) is 40.4. The van der Waals surface area contributed by atoms with Gasteiger partial charge in [0.1, 0.15) is 0 Å². The van der Waals surface area contributed by atoms with Gasteiger partial charge in [-0.25, -0.2) is 0 Å². The van der Waals surface area contributed by atoms with E-state index in [4.69, 9.17) is 10.2 Å². The van der Waals surface area contributed by atoms with Crippen LogP contribution in [-0.2, 0) is 9.59 Å². The molecule has 41 heavy (non-hydrogen) atoms. The molecule has 244 valence electrons. The second-order valence-corrected chi connectivity index (χ2v) is 12.2. The van der Waals surface area contributed by atoms with Gasteiger partial charge in [0.2, 0.25) is 0 Å². The van der Waals surface area contributed by atoms with Crippen LogP contribution >= 0.6 is 0 Å². The Kier molecular flexibility index (Phi) is 47.8. The van der Waals surface area contributed by atoms with Crippen molar-refractivity contribution in [2.45, 2.75) is 219 Å². The second-order valence-electron chi connectivity index (χ2n) is 12.2. The zero-order valence-electron chi connectivity index (χ0n) is 27.3. The number of hydrogen-bond donors (Lipinski definition) is 2. The van der Waals surface area contributed by atoms with E-state index in [2.05, 4.69) is 13.8 Å². The minimum atomic E-state index is -0.653. The molecule has 0 rings (SSSR count). The fourth-order valence-corrected chi connectivity index (χ4v) is 5.30. The molecule has 4 nitrogen and oxygen atoms in total. The van der Waals surface area contributed by atoms with Crippen LogP contribution in [0.25, 0.3) is 0 Å². The summed E-state index contributed by atoms with van der Waals surface area (Å²) in [6, 6.07) is 0. The van der Waals surface area contributed by atoms with Crippen LogP contribution in [0.2, 0.25) is 0 Å². The number of carboxylic acid groups (broad SMARTS) is 2. The molecule has 0 aliphatic heterocycles. The molecule has 0 aromatic carbocycles. The minimum absolute atomic E-state index is 0. The van der Waals surface area contributed by atoms with Gasteiger partial charge in [-0.2, -0.15) is 0 Å². The summed E-state index contributed by atoms with van der Waals surface area (Å²) in [5.74, 6) is -1.31. The Bertz CT molecular complexity index is 454. The van der Waals surface area contributed by atoms with Crippen molar-refractivity contribution in [1.29, 1.82) is 0 Å². The first kappa shape index (κ1) is 45.9. The Morgan fingerprint density at radius 3 is 0.610 bits per heavy atom. The Labute approximate surface area is 297 Å². The zero-order valence-corrected chi connectivity index (χ0v) is 27.3. The Hall–Kier alpha value is 0.511. The molecule has 0 radical (unpaired) electrons. The molecule has 0 aromatic heterocycles. The number of carboxylic acids is 2. The van der Waals surface area contributed by atoms with Crippen molar-refractivity contribution < 1.29 is 19.8 Å². The summed E-state index contributed by atoms with van der Waals surface area (Å²) in [4.78, 5) is 20.7. The van der Waals surface area contributed by atoms with Gasteiger partial charge in [0.15, 0.2) is 0 Å². The maximum absolute atomic E-state index is 10.3. The predicted octanol–water partition coefficient (Wildman–Crippen LogP) is 11.7. The molecule has 0 aromatic rings. The molecule has 0 saturated carbocycles. The molecule has 0 aliphatic carbocycles. The number of rotatable bonds is 32. The zero-order chi connectivity index (χ0) is 29.8. The molecule has 0 atom stereocenters. The summed E-state index contributed by atoms with van der Waals surface area (Å²) in [6.45, 7) is 4.54. The third kappa shape index (κ3) is 50.4. The standard InChI is InChI=1S/2C18H36O2.Ba.2H/c2*1-2-3-4-5-6-7-8-9-10-11-12-13-14-15-16-17-18(19)20;;;/h2*2-17H2,1H3,(H,19,20);;;. The fourth-order valence-electron chi connectivity index (χ4n) is 5.30. The number of unbranched alkanes of at least 4 members (excludes halogenated alkanes) is 28. The van der Waals surface area contributed by atoms with Crippen molar-refractivity contribution >= 4 is 60.8 Å². The van der Waals surface area contributed by atoms with Crippen LogP contribution in [0.4, 0.5) is 0 Å². The van der Waals surface area contributed by atoms with Crippen molar-refractivity contribution in [3.05, 3.63) is 0 Å². The van der Waals surface area contributed by atoms with Gasteiger partial charge in [-0.1, -0.05) is 194 Å². The monoisotopic (exact) mass is 708 g/mol. The molecule has 2 N–H and O–H groups in total. The molecular formula is C36H74BaO4. The van der Waals surface area contributed by atoms with Gasteiger partial charge in [0.05, 0.1) is 0 Å². The molecule has 0 saturated heterocycles. The summed E-state index contributed by atoms with van der Waals surface area (Å²) < 4.78 is 0. The van der Waals surface area contributed by atoms with E-state index in [1.165, 1.54) is 167 Å². The third-order valence-electron chi connectivity index (χ3n) is 7.99. The van der Waals surface area contributed by atoms with Crippen LogP contribution in [0.1, 0.15) is 219 Å². The molecule has 5 heteroatoms. The maximum atomic E-state index is 10.3. The quantitative estimate of drug-likeness (QED) is 0.0539. The van der Waals surface area contributed by atoms with Gasteiger partial charge in [0, 0.05) is 12.8 Å². The summed E-state index contributed by atoms with van der Waals surface area (Å²) in [7, 11) is 0. The summed E-state index contributed by atoms with van der Waals surface area (Å²) in [5.41, 5.74) is 0. The Morgan fingerprint density at radius 1 is 0.317 bits per heavy atom. The van der Waals surface area contributed by atoms with Crippen LogP contribution in [0.15, 0.2) is 0 Å². The van der Waals surface area contributed by atoms with E-state index >= 15 is 0 Å². The van der Waals surface area contributed by atoms with Crippen molar-refractivity contribution in [3.8, 4) is 0 Å². The molecule has 0 heterocycles. The van der Waals surface area contributed by atoms with Crippen LogP contribution in [-0.4, -0.2) is 71.0 Å². The Morgan fingerprint density at radius 2 is 0.463 bits per heavy atom. The number of hydrogen-bond acceptors (Lipinski definition) is 2. The van der Waals surface area contributed by atoms with Crippen molar-refractivity contribution in [1.82, 2.24) is 0 Å². The molecule has 0 unspecified atom stereocenters. The van der Waals surface area contributed by atoms with Crippen LogP contribution < -0.4 is 0 Å². The summed E-state index contributed by atoms with van der Waals surface area (Å²) in [5, 5.41) is 17.0. The molecule has 0 bridgehead atoms. The van der Waals surface area contributed by atoms with Gasteiger partial charge in [-0.05, 0) is 12.8 Å². The van der Waals surface area contributed by atoms with Gasteiger partial charge in [-0.15, -0.1) is 0 Å². The van der Waals surface area contributed by atoms with Crippen molar-refractivity contribution in [3.63, 3.8) is 0 Å². The van der Waals surface area contributed by atoms with Gasteiger partial charge >= 0.3 is 60.8 Å². The first-order valence-electron chi connectivity index (χ1n) is 18.0. The third-order valence-corrected chi connectivity index (χ3v) is 7.99. The molecule has 0 aliphatic rings. The Balaban J connectivity index is -0.000000688. The predicted molar refractivity (Wildman–Crippen MR) is 183 cm³/mol. The van der Waals surface area contributed by atoms with E-state index in [0.717, 1.165) is 25.7 Å². The van der Waals surface area contributed by atoms with Gasteiger partial charge in [0.25, 0.3) is 0 Å². The molecular weight excluding hydrogens is 634 g/mol. The average Bonchev–Trinajstić information content (AvgIpc) is 2.93. The van der Waals surface area contributed by atoms with E-state index in [0.29, 0.717) is 12.8 Å². The van der Waals surface area contributed by atoms with Crippen LogP contribution in [0, 0.1) is 0 Å².